The summed E-state index contributed by atoms with van der Waals surface area (Å²) < 4.78 is 39.4. The van der Waals surface area contributed by atoms with Gasteiger partial charge in [0, 0.05) is 0 Å². The molecule has 1 aromatic carbocycles. The maximum absolute atomic E-state index is 12.9. The second-order valence-corrected chi connectivity index (χ2v) is 3.77. The molecule has 0 unspecified atom stereocenters. The summed E-state index contributed by atoms with van der Waals surface area (Å²) in [6.45, 7) is 0. The molecule has 0 spiro atoms. The van der Waals surface area contributed by atoms with Gasteiger partial charge < -0.3 is 0 Å². The Morgan fingerprint density at radius 1 is 1.21 bits per heavy atom. The summed E-state index contributed by atoms with van der Waals surface area (Å²) in [5, 5.41) is 2.38. The minimum absolute atomic E-state index is 0. The zero-order valence-corrected chi connectivity index (χ0v) is 10.8. The van der Waals surface area contributed by atoms with Crippen LogP contribution in [0.3, 0.4) is 0 Å². The van der Waals surface area contributed by atoms with Gasteiger partial charge in [-0.15, -0.1) is 12.4 Å². The normalized spacial score (nSPS) is 10.9. The Bertz CT molecular complexity index is 581. The van der Waals surface area contributed by atoms with E-state index in [2.05, 4.69) is 5.10 Å². The second-order valence-electron chi connectivity index (χ2n) is 3.43. The number of carbonyl (C=O) groups is 1. The standard InChI is InChI=1S/C11H6ClF3N2O.ClH/c12-10(18)8-6-16-17(9(8)11(13,14)15)7-4-2-1-3-5-7;/h1-6H;1H. The molecule has 0 amide bonds. The van der Waals surface area contributed by atoms with E-state index in [1.165, 1.54) is 12.1 Å². The van der Waals surface area contributed by atoms with E-state index in [1.807, 2.05) is 0 Å². The molecular formula is C11H7Cl2F3N2O. The van der Waals surface area contributed by atoms with Gasteiger partial charge in [-0.25, -0.2) is 4.68 Å². The van der Waals surface area contributed by atoms with E-state index < -0.39 is 22.7 Å². The van der Waals surface area contributed by atoms with Crippen molar-refractivity contribution >= 4 is 29.3 Å². The minimum Gasteiger partial charge on any atom is -0.275 e. The number of aromatic nitrogens is 2. The highest BCUT2D eigenvalue weighted by Crippen LogP contribution is 2.34. The summed E-state index contributed by atoms with van der Waals surface area (Å²) in [4.78, 5) is 11.0. The smallest absolute Gasteiger partial charge is 0.275 e. The lowest BCUT2D eigenvalue weighted by Crippen LogP contribution is -2.16. The van der Waals surface area contributed by atoms with E-state index in [-0.39, 0.29) is 18.1 Å². The Morgan fingerprint density at radius 3 is 2.26 bits per heavy atom. The van der Waals surface area contributed by atoms with Crippen LogP contribution in [-0.4, -0.2) is 15.0 Å². The average Bonchev–Trinajstić information content (AvgIpc) is 2.74. The lowest BCUT2D eigenvalue weighted by Gasteiger charge is -2.11. The molecule has 0 atom stereocenters. The maximum Gasteiger partial charge on any atom is 0.434 e. The molecule has 0 radical (unpaired) electrons. The number of carbonyl (C=O) groups excluding carboxylic acids is 1. The van der Waals surface area contributed by atoms with Crippen LogP contribution in [0.25, 0.3) is 5.69 Å². The Labute approximate surface area is 117 Å². The molecule has 1 aromatic heterocycles. The Morgan fingerprint density at radius 2 is 1.79 bits per heavy atom. The molecule has 2 aromatic rings. The fraction of sp³-hybridized carbons (Fsp3) is 0.0909. The summed E-state index contributed by atoms with van der Waals surface area (Å²) in [7, 11) is 0. The predicted octanol–water partition coefficient (Wildman–Crippen LogP) is 3.69. The van der Waals surface area contributed by atoms with Crippen LogP contribution in [-0.2, 0) is 6.18 Å². The quantitative estimate of drug-likeness (QED) is 0.793. The van der Waals surface area contributed by atoms with E-state index in [0.717, 1.165) is 6.20 Å². The SMILES string of the molecule is Cl.O=C(Cl)c1cnn(-c2ccccc2)c1C(F)(F)F. The van der Waals surface area contributed by atoms with Crippen molar-refractivity contribution < 1.29 is 18.0 Å². The van der Waals surface area contributed by atoms with Crippen LogP contribution < -0.4 is 0 Å². The lowest BCUT2D eigenvalue weighted by atomic mass is 10.2. The van der Waals surface area contributed by atoms with Gasteiger partial charge in [0.2, 0.25) is 0 Å². The van der Waals surface area contributed by atoms with Crippen LogP contribution in [0.15, 0.2) is 36.5 Å². The molecule has 19 heavy (non-hydrogen) atoms. The maximum atomic E-state index is 12.9. The van der Waals surface area contributed by atoms with Crippen LogP contribution in [0, 0.1) is 0 Å². The summed E-state index contributed by atoms with van der Waals surface area (Å²) >= 11 is 5.12. The third-order valence-corrected chi connectivity index (χ3v) is 2.45. The molecule has 1 heterocycles. The van der Waals surface area contributed by atoms with Crippen LogP contribution in [0.5, 0.6) is 0 Å². The van der Waals surface area contributed by atoms with Crippen LogP contribution in [0.4, 0.5) is 13.2 Å². The zero-order chi connectivity index (χ0) is 13.3. The first-order chi connectivity index (χ1) is 8.41. The average molecular weight is 311 g/mol. The molecule has 0 bridgehead atoms. The molecule has 0 aliphatic heterocycles. The molecule has 8 heteroatoms. The number of benzene rings is 1. The molecular weight excluding hydrogens is 304 g/mol. The molecule has 0 saturated carbocycles. The summed E-state index contributed by atoms with van der Waals surface area (Å²) in [6.07, 6.45) is -3.91. The summed E-state index contributed by atoms with van der Waals surface area (Å²) in [5.74, 6) is 0. The van der Waals surface area contributed by atoms with Crippen molar-refractivity contribution in [3.05, 3.63) is 47.8 Å². The van der Waals surface area contributed by atoms with Gasteiger partial charge in [0.1, 0.15) is 0 Å². The molecule has 2 rings (SSSR count). The topological polar surface area (TPSA) is 34.9 Å². The first-order valence-corrected chi connectivity index (χ1v) is 5.19. The Hall–Kier alpha value is -1.53. The van der Waals surface area contributed by atoms with Crippen LogP contribution >= 0.6 is 24.0 Å². The fourth-order valence-corrected chi connectivity index (χ4v) is 1.67. The van der Waals surface area contributed by atoms with Crippen molar-refractivity contribution in [2.24, 2.45) is 0 Å². The van der Waals surface area contributed by atoms with E-state index in [4.69, 9.17) is 11.6 Å². The predicted molar refractivity (Wildman–Crippen MR) is 66.0 cm³/mol. The van der Waals surface area contributed by atoms with Gasteiger partial charge in [0.25, 0.3) is 5.24 Å². The molecule has 0 N–H and O–H groups in total. The largest absolute Gasteiger partial charge is 0.434 e. The van der Waals surface area contributed by atoms with E-state index in [0.29, 0.717) is 4.68 Å². The van der Waals surface area contributed by atoms with Crippen LogP contribution in [0.2, 0.25) is 0 Å². The first-order valence-electron chi connectivity index (χ1n) is 4.81. The van der Waals surface area contributed by atoms with Gasteiger partial charge in [-0.3, -0.25) is 4.79 Å². The summed E-state index contributed by atoms with van der Waals surface area (Å²) in [5.41, 5.74) is -1.63. The van der Waals surface area contributed by atoms with Crippen LogP contribution in [0.1, 0.15) is 16.1 Å². The van der Waals surface area contributed by atoms with Gasteiger partial charge >= 0.3 is 6.18 Å². The zero-order valence-electron chi connectivity index (χ0n) is 9.19. The highest BCUT2D eigenvalue weighted by Gasteiger charge is 2.40. The molecule has 102 valence electrons. The van der Waals surface area contributed by atoms with Gasteiger partial charge in [0.05, 0.1) is 17.4 Å². The van der Waals surface area contributed by atoms with Gasteiger partial charge in [-0.2, -0.15) is 18.3 Å². The fourth-order valence-electron chi connectivity index (χ4n) is 1.53. The number of rotatable bonds is 2. The van der Waals surface area contributed by atoms with Crippen molar-refractivity contribution in [3.8, 4) is 5.69 Å². The van der Waals surface area contributed by atoms with Gasteiger partial charge in [-0.05, 0) is 23.7 Å². The highest BCUT2D eigenvalue weighted by atomic mass is 35.5. The Kier molecular flexibility index (Phi) is 4.60. The monoisotopic (exact) mass is 310 g/mol. The lowest BCUT2D eigenvalue weighted by molar-refractivity contribution is -0.143. The number of para-hydroxylation sites is 1. The molecule has 3 nitrogen and oxygen atoms in total. The van der Waals surface area contributed by atoms with Gasteiger partial charge in [0.15, 0.2) is 5.69 Å². The third-order valence-electron chi connectivity index (χ3n) is 2.25. The number of halogens is 5. The van der Waals surface area contributed by atoms with Crippen molar-refractivity contribution in [1.82, 2.24) is 9.78 Å². The number of hydrogen-bond donors (Lipinski definition) is 0. The molecule has 0 saturated heterocycles. The molecule has 0 aliphatic carbocycles. The number of hydrogen-bond acceptors (Lipinski definition) is 2. The number of alkyl halides is 3. The number of nitrogens with zero attached hydrogens (tertiary/aromatic N) is 2. The molecule has 0 fully saturated rings. The van der Waals surface area contributed by atoms with E-state index >= 15 is 0 Å². The minimum atomic E-state index is -4.72. The van der Waals surface area contributed by atoms with Crippen molar-refractivity contribution in [3.63, 3.8) is 0 Å². The summed E-state index contributed by atoms with van der Waals surface area (Å²) in [6, 6.07) is 7.70. The molecule has 0 aliphatic rings. The van der Waals surface area contributed by atoms with Crippen molar-refractivity contribution in [2.45, 2.75) is 6.18 Å². The Balaban J connectivity index is 0.00000180. The second kappa shape index (κ2) is 5.63. The van der Waals surface area contributed by atoms with E-state index in [9.17, 15) is 18.0 Å². The third kappa shape index (κ3) is 3.08. The highest BCUT2D eigenvalue weighted by molar-refractivity contribution is 6.67. The van der Waals surface area contributed by atoms with E-state index in [1.54, 1.807) is 18.2 Å². The first kappa shape index (κ1) is 15.5. The van der Waals surface area contributed by atoms with Crippen molar-refractivity contribution in [1.29, 1.82) is 0 Å². The van der Waals surface area contributed by atoms with Crippen molar-refractivity contribution in [2.75, 3.05) is 0 Å². The van der Waals surface area contributed by atoms with Gasteiger partial charge in [-0.1, -0.05) is 18.2 Å².